The molecule has 0 heterocycles. The van der Waals surface area contributed by atoms with E-state index in [1.807, 2.05) is 6.07 Å². The largest absolute Gasteiger partial charge is 0.479 e. The van der Waals surface area contributed by atoms with Crippen LogP contribution in [0.15, 0.2) is 18.2 Å². The van der Waals surface area contributed by atoms with Crippen LogP contribution in [-0.2, 0) is 4.79 Å². The zero-order valence-corrected chi connectivity index (χ0v) is 10.0. The first-order valence-corrected chi connectivity index (χ1v) is 5.58. The number of Topliss-reactive ketones (excluding diaryl/α,β-unsaturated/α-hetero) is 1. The predicted molar refractivity (Wildman–Crippen MR) is 63.4 cm³/mol. The van der Waals surface area contributed by atoms with Crippen LogP contribution in [0.1, 0.15) is 34.0 Å². The van der Waals surface area contributed by atoms with Crippen LogP contribution in [0.4, 0.5) is 0 Å². The van der Waals surface area contributed by atoms with Crippen LogP contribution in [0.5, 0.6) is 0 Å². The molecular formula is C12H10ClNO4. The molecule has 2 N–H and O–H groups in total. The maximum Gasteiger partial charge on any atom is 0.337 e. The van der Waals surface area contributed by atoms with Crippen molar-refractivity contribution in [3.05, 3.63) is 34.9 Å². The number of aliphatic carboxylic acids is 1. The van der Waals surface area contributed by atoms with Gasteiger partial charge in [0.05, 0.1) is 11.6 Å². The molecule has 1 unspecified atom stereocenters. The van der Waals surface area contributed by atoms with Gasteiger partial charge in [0.2, 0.25) is 0 Å². The van der Waals surface area contributed by atoms with Gasteiger partial charge >= 0.3 is 5.97 Å². The number of carbonyl (C=O) groups excluding carboxylic acids is 1. The zero-order valence-electron chi connectivity index (χ0n) is 9.26. The van der Waals surface area contributed by atoms with Crippen molar-refractivity contribution in [2.75, 3.05) is 5.88 Å². The minimum absolute atomic E-state index is 0.00970. The Morgan fingerprint density at radius 3 is 2.61 bits per heavy atom. The van der Waals surface area contributed by atoms with Gasteiger partial charge in [-0.2, -0.15) is 5.26 Å². The lowest BCUT2D eigenvalue weighted by Gasteiger charge is -2.11. The maximum atomic E-state index is 11.8. The number of nitriles is 1. The van der Waals surface area contributed by atoms with Crippen molar-refractivity contribution in [3.8, 4) is 6.07 Å². The number of halogens is 1. The van der Waals surface area contributed by atoms with Crippen LogP contribution >= 0.6 is 11.6 Å². The fourth-order valence-electron chi connectivity index (χ4n) is 1.46. The number of hydrogen-bond donors (Lipinski definition) is 2. The van der Waals surface area contributed by atoms with E-state index in [1.54, 1.807) is 0 Å². The average Bonchev–Trinajstić information content (AvgIpc) is 2.37. The molecule has 5 nitrogen and oxygen atoms in total. The summed E-state index contributed by atoms with van der Waals surface area (Å²) in [6.07, 6.45) is -1.79. The van der Waals surface area contributed by atoms with Gasteiger partial charge in [-0.25, -0.2) is 4.79 Å². The fraction of sp³-hybridized carbons (Fsp3) is 0.250. The van der Waals surface area contributed by atoms with E-state index in [0.717, 1.165) is 0 Å². The molecule has 0 saturated heterocycles. The van der Waals surface area contributed by atoms with Crippen molar-refractivity contribution in [1.29, 1.82) is 5.26 Å². The predicted octanol–water partition coefficient (Wildman–Crippen LogP) is 1.49. The minimum atomic E-state index is -1.80. The van der Waals surface area contributed by atoms with Crippen LogP contribution in [0.2, 0.25) is 0 Å². The van der Waals surface area contributed by atoms with E-state index < -0.39 is 17.9 Å². The van der Waals surface area contributed by atoms with Gasteiger partial charge in [-0.05, 0) is 12.1 Å². The Bertz CT molecular complexity index is 521. The van der Waals surface area contributed by atoms with Crippen molar-refractivity contribution in [3.63, 3.8) is 0 Å². The molecule has 1 rings (SSSR count). The molecule has 6 heteroatoms. The molecule has 1 aromatic rings. The SMILES string of the molecule is N#Cc1ccc(C(O)C(=O)O)c(C(=O)CCCl)c1. The first kappa shape index (κ1) is 14.2. The third kappa shape index (κ3) is 3.06. The van der Waals surface area contributed by atoms with Gasteiger partial charge in [0.15, 0.2) is 11.9 Å². The van der Waals surface area contributed by atoms with Gasteiger partial charge in [-0.15, -0.1) is 11.6 Å². The Kier molecular flexibility index (Phi) is 4.84. The van der Waals surface area contributed by atoms with Crippen molar-refractivity contribution in [1.82, 2.24) is 0 Å². The molecule has 94 valence electrons. The van der Waals surface area contributed by atoms with Crippen molar-refractivity contribution in [2.24, 2.45) is 0 Å². The molecule has 0 bridgehead atoms. The quantitative estimate of drug-likeness (QED) is 0.622. The highest BCUT2D eigenvalue weighted by atomic mass is 35.5. The monoisotopic (exact) mass is 267 g/mol. The zero-order chi connectivity index (χ0) is 13.7. The highest BCUT2D eigenvalue weighted by Crippen LogP contribution is 2.21. The Morgan fingerprint density at radius 2 is 2.11 bits per heavy atom. The number of carbonyl (C=O) groups is 2. The molecule has 0 aliphatic rings. The lowest BCUT2D eigenvalue weighted by atomic mass is 9.96. The van der Waals surface area contributed by atoms with Crippen molar-refractivity contribution >= 4 is 23.4 Å². The van der Waals surface area contributed by atoms with E-state index in [0.29, 0.717) is 0 Å². The minimum Gasteiger partial charge on any atom is -0.479 e. The molecule has 0 spiro atoms. The number of carboxylic acid groups (broad SMARTS) is 1. The summed E-state index contributed by atoms with van der Waals surface area (Å²) >= 11 is 5.45. The van der Waals surface area contributed by atoms with Crippen molar-refractivity contribution < 1.29 is 19.8 Å². The van der Waals surface area contributed by atoms with Gasteiger partial charge in [0.1, 0.15) is 0 Å². The summed E-state index contributed by atoms with van der Waals surface area (Å²) in [6.45, 7) is 0. The molecule has 0 radical (unpaired) electrons. The molecule has 0 fully saturated rings. The molecule has 0 amide bonds. The summed E-state index contributed by atoms with van der Waals surface area (Å²) in [5.41, 5.74) is 0.204. The molecule has 0 aromatic heterocycles. The lowest BCUT2D eigenvalue weighted by molar-refractivity contribution is -0.146. The van der Waals surface area contributed by atoms with E-state index in [4.69, 9.17) is 22.0 Å². The number of nitrogens with zero attached hydrogens (tertiary/aromatic N) is 1. The van der Waals surface area contributed by atoms with Gasteiger partial charge in [-0.1, -0.05) is 6.07 Å². The van der Waals surface area contributed by atoms with E-state index in [-0.39, 0.29) is 29.0 Å². The lowest BCUT2D eigenvalue weighted by Crippen LogP contribution is -2.15. The van der Waals surface area contributed by atoms with Crippen LogP contribution in [0, 0.1) is 11.3 Å². The summed E-state index contributed by atoms with van der Waals surface area (Å²) in [5.74, 6) is -1.78. The Hall–Kier alpha value is -1.90. The molecular weight excluding hydrogens is 258 g/mol. The van der Waals surface area contributed by atoms with Crippen LogP contribution in [0.3, 0.4) is 0 Å². The molecule has 1 atom stereocenters. The topological polar surface area (TPSA) is 98.4 Å². The number of rotatable bonds is 5. The molecule has 0 aliphatic carbocycles. The first-order chi connectivity index (χ1) is 8.51. The van der Waals surface area contributed by atoms with Crippen LogP contribution in [-0.4, -0.2) is 27.8 Å². The Labute approximate surface area is 108 Å². The summed E-state index contributed by atoms with van der Waals surface area (Å²) in [4.78, 5) is 22.5. The number of hydrogen-bond acceptors (Lipinski definition) is 4. The van der Waals surface area contributed by atoms with Gasteiger partial charge in [0.25, 0.3) is 0 Å². The highest BCUT2D eigenvalue weighted by molar-refractivity contribution is 6.19. The normalized spacial score (nSPS) is 11.6. The summed E-state index contributed by atoms with van der Waals surface area (Å²) < 4.78 is 0. The summed E-state index contributed by atoms with van der Waals surface area (Å²) in [6, 6.07) is 5.71. The van der Waals surface area contributed by atoms with Crippen LogP contribution < -0.4 is 0 Å². The van der Waals surface area contributed by atoms with E-state index >= 15 is 0 Å². The fourth-order valence-corrected chi connectivity index (χ4v) is 1.63. The van der Waals surface area contributed by atoms with Crippen LogP contribution in [0.25, 0.3) is 0 Å². The number of carboxylic acids is 1. The van der Waals surface area contributed by atoms with Crippen molar-refractivity contribution in [2.45, 2.75) is 12.5 Å². The third-order valence-corrected chi connectivity index (χ3v) is 2.52. The standard InChI is InChI=1S/C12H10ClNO4/c13-4-3-10(15)9-5-7(6-14)1-2-8(9)11(16)12(17)18/h1-2,5,11,16H,3-4H2,(H,17,18). The number of benzene rings is 1. The smallest absolute Gasteiger partial charge is 0.337 e. The number of ketones is 1. The molecule has 1 aromatic carbocycles. The summed E-state index contributed by atoms with van der Waals surface area (Å²) in [7, 11) is 0. The molecule has 18 heavy (non-hydrogen) atoms. The van der Waals surface area contributed by atoms with E-state index in [1.165, 1.54) is 18.2 Å². The third-order valence-electron chi connectivity index (χ3n) is 2.33. The summed E-state index contributed by atoms with van der Waals surface area (Å²) in [5, 5.41) is 27.0. The molecule has 0 saturated carbocycles. The van der Waals surface area contributed by atoms with Gasteiger partial charge < -0.3 is 10.2 Å². The highest BCUT2D eigenvalue weighted by Gasteiger charge is 2.22. The average molecular weight is 268 g/mol. The van der Waals surface area contributed by atoms with Gasteiger partial charge in [-0.3, -0.25) is 4.79 Å². The maximum absolute atomic E-state index is 11.8. The number of alkyl halides is 1. The second-order valence-corrected chi connectivity index (χ2v) is 3.89. The van der Waals surface area contributed by atoms with E-state index in [2.05, 4.69) is 0 Å². The molecule has 0 aliphatic heterocycles. The van der Waals surface area contributed by atoms with E-state index in [9.17, 15) is 14.7 Å². The second kappa shape index (κ2) is 6.15. The van der Waals surface area contributed by atoms with Gasteiger partial charge in [0, 0.05) is 23.4 Å². The Balaban J connectivity index is 3.29. The Morgan fingerprint density at radius 1 is 1.44 bits per heavy atom. The number of aliphatic hydroxyl groups excluding tert-OH is 1. The number of aliphatic hydroxyl groups is 1. The second-order valence-electron chi connectivity index (χ2n) is 3.52. The first-order valence-electron chi connectivity index (χ1n) is 5.05.